The van der Waals surface area contributed by atoms with Crippen molar-refractivity contribution in [1.29, 1.82) is 0 Å². The van der Waals surface area contributed by atoms with Gasteiger partial charge in [0.25, 0.3) is 0 Å². The fourth-order valence-corrected chi connectivity index (χ4v) is 3.56. The molecule has 0 aliphatic rings. The highest BCUT2D eigenvalue weighted by Gasteiger charge is 2.22. The van der Waals surface area contributed by atoms with E-state index < -0.39 is 11.7 Å². The smallest absolute Gasteiger partial charge is 0.419 e. The molecule has 0 radical (unpaired) electrons. The van der Waals surface area contributed by atoms with Gasteiger partial charge in [-0.05, 0) is 44.5 Å². The number of carbonyl (C=O) groups is 1. The van der Waals surface area contributed by atoms with Crippen molar-refractivity contribution in [3.8, 4) is 11.5 Å². The molecular formula is C22H21N7O3. The number of furan rings is 1. The van der Waals surface area contributed by atoms with Gasteiger partial charge in [0.2, 0.25) is 5.95 Å². The third-order valence-corrected chi connectivity index (χ3v) is 4.84. The number of para-hydroxylation sites is 1. The summed E-state index contributed by atoms with van der Waals surface area (Å²) in [6.45, 7) is 5.82. The number of rotatable bonds is 3. The van der Waals surface area contributed by atoms with E-state index in [-0.39, 0.29) is 5.95 Å². The van der Waals surface area contributed by atoms with Crippen LogP contribution in [0.3, 0.4) is 0 Å². The minimum atomic E-state index is -0.610. The molecule has 0 unspecified atom stereocenters. The van der Waals surface area contributed by atoms with Crippen LogP contribution in [0.4, 0.5) is 10.7 Å². The second-order valence-corrected chi connectivity index (χ2v) is 8.35. The second-order valence-electron chi connectivity index (χ2n) is 8.35. The molecule has 0 amide bonds. The van der Waals surface area contributed by atoms with E-state index in [1.807, 2.05) is 45.0 Å². The van der Waals surface area contributed by atoms with Crippen molar-refractivity contribution >= 4 is 34.1 Å². The number of benzene rings is 1. The van der Waals surface area contributed by atoms with E-state index in [0.29, 0.717) is 29.2 Å². The summed E-state index contributed by atoms with van der Waals surface area (Å²) in [7, 11) is 0. The Bertz CT molecular complexity index is 1440. The lowest BCUT2D eigenvalue weighted by molar-refractivity contribution is 0.0544. The van der Waals surface area contributed by atoms with Crippen molar-refractivity contribution in [3.05, 3.63) is 54.4 Å². The van der Waals surface area contributed by atoms with E-state index >= 15 is 0 Å². The van der Waals surface area contributed by atoms with Gasteiger partial charge >= 0.3 is 6.09 Å². The second kappa shape index (κ2) is 7.19. The summed E-state index contributed by atoms with van der Waals surface area (Å²) in [4.78, 5) is 21.4. The number of carbonyl (C=O) groups excluding carboxylic acids is 1. The summed E-state index contributed by atoms with van der Waals surface area (Å²) < 4.78 is 14.2. The third-order valence-electron chi connectivity index (χ3n) is 4.84. The highest BCUT2D eigenvalue weighted by Crippen LogP contribution is 2.27. The van der Waals surface area contributed by atoms with Gasteiger partial charge in [0.1, 0.15) is 11.3 Å². The number of ether oxygens (including phenoxy) is 1. The fraction of sp³-hybridized carbons (Fsp3) is 0.227. The zero-order valence-corrected chi connectivity index (χ0v) is 17.8. The molecule has 1 aromatic carbocycles. The highest BCUT2D eigenvalue weighted by molar-refractivity contribution is 5.92. The first-order chi connectivity index (χ1) is 15.3. The van der Waals surface area contributed by atoms with E-state index in [2.05, 4.69) is 20.3 Å². The minimum Gasteiger partial charge on any atom is -0.463 e. The van der Waals surface area contributed by atoms with Gasteiger partial charge in [-0.25, -0.2) is 14.5 Å². The molecule has 5 aromatic rings. The van der Waals surface area contributed by atoms with E-state index in [9.17, 15) is 4.79 Å². The first-order valence-electron chi connectivity index (χ1n) is 10.0. The summed E-state index contributed by atoms with van der Waals surface area (Å²) in [6.07, 6.45) is 2.86. The van der Waals surface area contributed by atoms with Crippen LogP contribution in [0, 0.1) is 0 Å². The molecule has 0 aliphatic carbocycles. The zero-order valence-electron chi connectivity index (χ0n) is 17.8. The van der Waals surface area contributed by atoms with Crippen molar-refractivity contribution in [2.45, 2.75) is 32.9 Å². The summed E-state index contributed by atoms with van der Waals surface area (Å²) in [5.74, 6) is 0.612. The Kier molecular flexibility index (Phi) is 4.43. The van der Waals surface area contributed by atoms with Crippen LogP contribution in [0.2, 0.25) is 0 Å². The third kappa shape index (κ3) is 3.45. The van der Waals surface area contributed by atoms with Crippen LogP contribution < -0.4 is 5.73 Å². The maximum absolute atomic E-state index is 12.8. The number of hydrogen-bond acceptors (Lipinski definition) is 8. The minimum absolute atomic E-state index is 0.0867. The predicted octanol–water partition coefficient (Wildman–Crippen LogP) is 3.85. The Morgan fingerprint density at radius 1 is 1.16 bits per heavy atom. The van der Waals surface area contributed by atoms with Gasteiger partial charge in [-0.1, -0.05) is 23.4 Å². The Balaban J connectivity index is 1.59. The Hall–Kier alpha value is -4.21. The molecule has 0 fully saturated rings. The highest BCUT2D eigenvalue weighted by atomic mass is 16.6. The Morgan fingerprint density at radius 3 is 2.72 bits per heavy atom. The molecular weight excluding hydrogens is 410 g/mol. The number of anilines is 1. The normalized spacial score (nSPS) is 12.0. The first-order valence-corrected chi connectivity index (χ1v) is 10.0. The summed E-state index contributed by atoms with van der Waals surface area (Å²) >= 11 is 0. The predicted molar refractivity (Wildman–Crippen MR) is 118 cm³/mol. The van der Waals surface area contributed by atoms with Crippen LogP contribution in [-0.2, 0) is 11.3 Å². The molecule has 4 aromatic heterocycles. The SMILES string of the molecule is CC(C)(C)OC(=O)n1cc(Cn2nnc3c(-c4ccco4)nc(N)nc32)c2ccccc21. The maximum atomic E-state index is 12.8. The lowest BCUT2D eigenvalue weighted by Gasteiger charge is -2.19. The molecule has 0 saturated carbocycles. The van der Waals surface area contributed by atoms with E-state index in [1.54, 1.807) is 29.3 Å². The zero-order chi connectivity index (χ0) is 22.5. The number of aromatic nitrogens is 6. The van der Waals surface area contributed by atoms with Crippen LogP contribution in [0.15, 0.2) is 53.3 Å². The maximum Gasteiger partial charge on any atom is 0.419 e. The first kappa shape index (κ1) is 19.7. The van der Waals surface area contributed by atoms with Crippen LogP contribution in [-0.4, -0.2) is 41.2 Å². The fourth-order valence-electron chi connectivity index (χ4n) is 3.56. The average Bonchev–Trinajstić information content (AvgIpc) is 3.46. The monoisotopic (exact) mass is 431 g/mol. The molecule has 5 rings (SSSR count). The van der Waals surface area contributed by atoms with E-state index in [0.717, 1.165) is 16.5 Å². The van der Waals surface area contributed by atoms with Gasteiger partial charge in [0.15, 0.2) is 16.9 Å². The van der Waals surface area contributed by atoms with E-state index in [4.69, 9.17) is 14.9 Å². The van der Waals surface area contributed by atoms with Gasteiger partial charge < -0.3 is 14.9 Å². The van der Waals surface area contributed by atoms with Crippen molar-refractivity contribution in [1.82, 2.24) is 29.5 Å². The van der Waals surface area contributed by atoms with Crippen LogP contribution in [0.1, 0.15) is 26.3 Å². The van der Waals surface area contributed by atoms with Gasteiger partial charge in [-0.2, -0.15) is 4.98 Å². The summed E-state index contributed by atoms with van der Waals surface area (Å²) in [5.41, 5.74) is 8.36. The number of nitrogen functional groups attached to an aromatic ring is 1. The standard InChI is InChI=1S/C22H21N7O3/c1-22(2,3)32-21(30)28-11-13(14-7-4-5-8-15(14)28)12-29-19-18(26-27-29)17(24-20(23)25-19)16-9-6-10-31-16/h4-11H,12H2,1-3H3,(H2,23,24,25). The van der Waals surface area contributed by atoms with E-state index in [1.165, 1.54) is 4.57 Å². The number of nitrogens with zero attached hydrogens (tertiary/aromatic N) is 6. The molecule has 0 spiro atoms. The molecule has 2 N–H and O–H groups in total. The number of hydrogen-bond donors (Lipinski definition) is 1. The molecule has 0 atom stereocenters. The molecule has 10 nitrogen and oxygen atoms in total. The largest absolute Gasteiger partial charge is 0.463 e. The molecule has 0 aliphatic heterocycles. The number of nitrogens with two attached hydrogens (primary N) is 1. The van der Waals surface area contributed by atoms with Crippen LogP contribution in [0.5, 0.6) is 0 Å². The number of fused-ring (bicyclic) bond motifs is 2. The summed E-state index contributed by atoms with van der Waals surface area (Å²) in [5, 5.41) is 9.42. The average molecular weight is 431 g/mol. The van der Waals surface area contributed by atoms with Gasteiger partial charge in [0, 0.05) is 11.6 Å². The Labute approximate surface area is 182 Å². The molecule has 0 bridgehead atoms. The van der Waals surface area contributed by atoms with Crippen molar-refractivity contribution in [2.24, 2.45) is 0 Å². The molecule has 32 heavy (non-hydrogen) atoms. The van der Waals surface area contributed by atoms with Crippen LogP contribution in [0.25, 0.3) is 33.5 Å². The lowest BCUT2D eigenvalue weighted by atomic mass is 10.2. The van der Waals surface area contributed by atoms with Gasteiger partial charge in [0.05, 0.1) is 18.3 Å². The molecule has 0 saturated heterocycles. The Morgan fingerprint density at radius 2 is 1.97 bits per heavy atom. The summed E-state index contributed by atoms with van der Waals surface area (Å²) in [6, 6.07) is 11.1. The molecule has 162 valence electrons. The topological polar surface area (TPSA) is 127 Å². The lowest BCUT2D eigenvalue weighted by Crippen LogP contribution is -2.26. The van der Waals surface area contributed by atoms with Gasteiger partial charge in [-0.3, -0.25) is 4.57 Å². The van der Waals surface area contributed by atoms with Crippen LogP contribution >= 0.6 is 0 Å². The van der Waals surface area contributed by atoms with Crippen molar-refractivity contribution in [2.75, 3.05) is 5.73 Å². The van der Waals surface area contributed by atoms with Crippen molar-refractivity contribution < 1.29 is 13.9 Å². The quantitative estimate of drug-likeness (QED) is 0.456. The van der Waals surface area contributed by atoms with Crippen molar-refractivity contribution in [3.63, 3.8) is 0 Å². The molecule has 4 heterocycles. The van der Waals surface area contributed by atoms with Gasteiger partial charge in [-0.15, -0.1) is 5.10 Å². The molecule has 10 heteroatoms.